The number of aromatic amines is 2. The van der Waals surface area contributed by atoms with Gasteiger partial charge in [-0.15, -0.1) is 0 Å². The lowest BCUT2D eigenvalue weighted by molar-refractivity contribution is -0.392. The Bertz CT molecular complexity index is 792. The highest BCUT2D eigenvalue weighted by atomic mass is 127. The van der Waals surface area contributed by atoms with Crippen LogP contribution in [-0.4, -0.2) is 4.98 Å². The first-order valence-corrected chi connectivity index (χ1v) is 8.14. The SMILES string of the molecule is [I-].c1ccc(C(c2ccccc2)(c2ccccc2)c2[nH]cc[nH+]2)cc1. The third-order valence-electron chi connectivity index (χ3n) is 4.53. The van der Waals surface area contributed by atoms with E-state index < -0.39 is 5.41 Å². The molecule has 0 atom stereocenters. The summed E-state index contributed by atoms with van der Waals surface area (Å²) in [5, 5.41) is 0. The molecule has 0 bridgehead atoms. The summed E-state index contributed by atoms with van der Waals surface area (Å²) in [7, 11) is 0. The molecule has 124 valence electrons. The molecule has 2 nitrogen and oxygen atoms in total. The lowest BCUT2D eigenvalue weighted by Gasteiger charge is -2.31. The molecule has 1 aromatic heterocycles. The van der Waals surface area contributed by atoms with Gasteiger partial charge >= 0.3 is 0 Å². The van der Waals surface area contributed by atoms with E-state index in [4.69, 9.17) is 0 Å². The number of halogens is 1. The fourth-order valence-corrected chi connectivity index (χ4v) is 3.51. The zero-order chi connectivity index (χ0) is 16.2. The third kappa shape index (κ3) is 3.00. The van der Waals surface area contributed by atoms with Crippen molar-refractivity contribution >= 4 is 0 Å². The van der Waals surface area contributed by atoms with Crippen LogP contribution in [0.5, 0.6) is 0 Å². The van der Waals surface area contributed by atoms with Gasteiger partial charge in [0, 0.05) is 0 Å². The molecule has 0 spiro atoms. The van der Waals surface area contributed by atoms with Crippen LogP contribution in [0, 0.1) is 0 Å². The second-order valence-corrected chi connectivity index (χ2v) is 5.85. The Labute approximate surface area is 165 Å². The fraction of sp³-hybridized carbons (Fsp3) is 0.0455. The number of benzene rings is 3. The molecule has 4 rings (SSSR count). The summed E-state index contributed by atoms with van der Waals surface area (Å²) in [5.74, 6) is 1.05. The fourth-order valence-electron chi connectivity index (χ4n) is 3.51. The maximum atomic E-state index is 3.42. The molecule has 0 amide bonds. The van der Waals surface area contributed by atoms with E-state index in [9.17, 15) is 0 Å². The van der Waals surface area contributed by atoms with Gasteiger partial charge in [-0.1, -0.05) is 91.0 Å². The van der Waals surface area contributed by atoms with E-state index in [-0.39, 0.29) is 24.0 Å². The van der Waals surface area contributed by atoms with E-state index in [2.05, 4.69) is 101 Å². The van der Waals surface area contributed by atoms with Crippen LogP contribution in [0.4, 0.5) is 0 Å². The second kappa shape index (κ2) is 7.66. The zero-order valence-electron chi connectivity index (χ0n) is 13.7. The Morgan fingerprint density at radius 1 is 0.600 bits per heavy atom. The number of aromatic nitrogens is 2. The van der Waals surface area contributed by atoms with Crippen LogP contribution in [-0.2, 0) is 5.41 Å². The van der Waals surface area contributed by atoms with Crippen LogP contribution in [0.2, 0.25) is 0 Å². The first-order valence-electron chi connectivity index (χ1n) is 8.14. The number of H-pyrrole nitrogens is 2. The molecule has 0 unspecified atom stereocenters. The van der Waals surface area contributed by atoms with Crippen LogP contribution in [0.1, 0.15) is 22.5 Å². The molecular formula is C22H19IN2. The van der Waals surface area contributed by atoms with Crippen molar-refractivity contribution in [2.24, 2.45) is 0 Å². The van der Waals surface area contributed by atoms with Gasteiger partial charge in [0.1, 0.15) is 17.8 Å². The number of rotatable bonds is 4. The van der Waals surface area contributed by atoms with E-state index in [1.165, 1.54) is 16.7 Å². The molecule has 0 aliphatic carbocycles. The minimum absolute atomic E-state index is 0. The summed E-state index contributed by atoms with van der Waals surface area (Å²) < 4.78 is 0. The summed E-state index contributed by atoms with van der Waals surface area (Å²) in [6.07, 6.45) is 3.89. The number of hydrogen-bond acceptors (Lipinski definition) is 0. The number of imidazole rings is 1. The Kier molecular flexibility index (Phi) is 5.34. The Morgan fingerprint density at radius 2 is 1.00 bits per heavy atom. The maximum Gasteiger partial charge on any atom is 0.271 e. The third-order valence-corrected chi connectivity index (χ3v) is 4.53. The molecule has 3 heteroatoms. The predicted molar refractivity (Wildman–Crippen MR) is 95.7 cm³/mol. The maximum absolute atomic E-state index is 3.42. The summed E-state index contributed by atoms with van der Waals surface area (Å²) in [6.45, 7) is 0. The van der Waals surface area contributed by atoms with Gasteiger partial charge in [0.2, 0.25) is 0 Å². The lowest BCUT2D eigenvalue weighted by atomic mass is 9.69. The first-order chi connectivity index (χ1) is 11.9. The van der Waals surface area contributed by atoms with E-state index in [0.717, 1.165) is 5.82 Å². The van der Waals surface area contributed by atoms with E-state index in [0.29, 0.717) is 0 Å². The summed E-state index contributed by atoms with van der Waals surface area (Å²) >= 11 is 0. The Hall–Kier alpha value is -2.40. The Morgan fingerprint density at radius 3 is 1.32 bits per heavy atom. The highest BCUT2D eigenvalue weighted by Crippen LogP contribution is 2.42. The Balaban J connectivity index is 0.00000182. The molecule has 0 radical (unpaired) electrons. The van der Waals surface area contributed by atoms with Gasteiger partial charge in [-0.05, 0) is 16.7 Å². The summed E-state index contributed by atoms with van der Waals surface area (Å²) in [6, 6.07) is 31.9. The minimum atomic E-state index is -0.409. The summed E-state index contributed by atoms with van der Waals surface area (Å²) in [5.41, 5.74) is 3.26. The highest BCUT2D eigenvalue weighted by Gasteiger charge is 2.44. The minimum Gasteiger partial charge on any atom is -1.00 e. The van der Waals surface area contributed by atoms with Gasteiger partial charge in [-0.25, -0.2) is 9.97 Å². The van der Waals surface area contributed by atoms with Crippen LogP contribution in [0.3, 0.4) is 0 Å². The molecule has 2 N–H and O–H groups in total. The van der Waals surface area contributed by atoms with Crippen LogP contribution in [0.25, 0.3) is 0 Å². The molecule has 4 aromatic rings. The van der Waals surface area contributed by atoms with Crippen molar-refractivity contribution in [3.8, 4) is 0 Å². The van der Waals surface area contributed by atoms with Crippen molar-refractivity contribution in [3.05, 3.63) is 126 Å². The van der Waals surface area contributed by atoms with Crippen LogP contribution < -0.4 is 29.0 Å². The predicted octanol–water partition coefficient (Wildman–Crippen LogP) is 1.22. The van der Waals surface area contributed by atoms with Crippen LogP contribution in [0.15, 0.2) is 103 Å². The van der Waals surface area contributed by atoms with Gasteiger partial charge in [0.05, 0.1) is 0 Å². The van der Waals surface area contributed by atoms with Gasteiger partial charge in [-0.3, -0.25) is 0 Å². The van der Waals surface area contributed by atoms with E-state index >= 15 is 0 Å². The van der Waals surface area contributed by atoms with Gasteiger partial charge in [0.15, 0.2) is 0 Å². The smallest absolute Gasteiger partial charge is 0.271 e. The second-order valence-electron chi connectivity index (χ2n) is 5.85. The van der Waals surface area contributed by atoms with Crippen molar-refractivity contribution in [1.29, 1.82) is 0 Å². The van der Waals surface area contributed by atoms with Crippen molar-refractivity contribution in [2.75, 3.05) is 0 Å². The normalized spacial score (nSPS) is 10.9. The highest BCUT2D eigenvalue weighted by molar-refractivity contribution is 5.55. The average molecular weight is 438 g/mol. The van der Waals surface area contributed by atoms with Crippen molar-refractivity contribution in [1.82, 2.24) is 4.98 Å². The van der Waals surface area contributed by atoms with Gasteiger partial charge < -0.3 is 24.0 Å². The van der Waals surface area contributed by atoms with Crippen molar-refractivity contribution < 1.29 is 29.0 Å². The van der Waals surface area contributed by atoms with Crippen LogP contribution >= 0.6 is 0 Å². The first kappa shape index (κ1) is 17.4. The van der Waals surface area contributed by atoms with Crippen molar-refractivity contribution in [3.63, 3.8) is 0 Å². The molecule has 0 saturated carbocycles. The molecule has 0 saturated heterocycles. The van der Waals surface area contributed by atoms with E-state index in [1.54, 1.807) is 0 Å². The standard InChI is InChI=1S/C22H18N2.HI/c1-4-10-18(11-5-1)22(21-23-16-17-24-21,19-12-6-2-7-13-19)20-14-8-3-9-15-20;/h1-17H,(H,23,24);1H. The molecule has 3 aromatic carbocycles. The lowest BCUT2D eigenvalue weighted by Crippen LogP contribution is -3.00. The topological polar surface area (TPSA) is 29.9 Å². The number of hydrogen-bond donors (Lipinski definition) is 1. The molecule has 0 aliphatic rings. The zero-order valence-corrected chi connectivity index (χ0v) is 15.9. The number of nitrogens with one attached hydrogen (secondary N) is 2. The van der Waals surface area contributed by atoms with E-state index in [1.807, 2.05) is 12.4 Å². The molecule has 1 heterocycles. The average Bonchev–Trinajstić information content (AvgIpc) is 3.20. The van der Waals surface area contributed by atoms with Crippen molar-refractivity contribution in [2.45, 2.75) is 5.41 Å². The molecular weight excluding hydrogens is 419 g/mol. The summed E-state index contributed by atoms with van der Waals surface area (Å²) in [4.78, 5) is 6.84. The molecule has 0 aliphatic heterocycles. The molecule has 25 heavy (non-hydrogen) atoms. The van der Waals surface area contributed by atoms with Gasteiger partial charge in [-0.2, -0.15) is 0 Å². The largest absolute Gasteiger partial charge is 1.00 e. The quantitative estimate of drug-likeness (QED) is 0.367. The molecule has 0 fully saturated rings. The van der Waals surface area contributed by atoms with Gasteiger partial charge in [0.25, 0.3) is 5.82 Å². The monoisotopic (exact) mass is 438 g/mol.